The summed E-state index contributed by atoms with van der Waals surface area (Å²) in [5.41, 5.74) is 1.40. The van der Waals surface area contributed by atoms with E-state index in [9.17, 15) is 0 Å². The molecule has 0 aliphatic rings. The summed E-state index contributed by atoms with van der Waals surface area (Å²) < 4.78 is 4.98. The molecule has 0 radical (unpaired) electrons. The number of hydrogen-bond acceptors (Lipinski definition) is 2. The van der Waals surface area contributed by atoms with E-state index < -0.39 is 0 Å². The lowest BCUT2D eigenvalue weighted by atomic mass is 9.97. The third kappa shape index (κ3) is 2.39. The molecule has 0 amide bonds. The monoisotopic (exact) mass is 153 g/mol. The van der Waals surface area contributed by atoms with Crippen LogP contribution < -0.4 is 5.32 Å². The minimum absolute atomic E-state index is 0.157. The maximum Gasteiger partial charge on any atom is 0.0935 e. The zero-order chi connectivity index (χ0) is 8.32. The van der Waals surface area contributed by atoms with E-state index in [2.05, 4.69) is 19.2 Å². The van der Waals surface area contributed by atoms with E-state index in [0.29, 0.717) is 0 Å². The van der Waals surface area contributed by atoms with E-state index in [4.69, 9.17) is 4.42 Å². The van der Waals surface area contributed by atoms with E-state index >= 15 is 0 Å². The Balaban J connectivity index is 2.56. The molecule has 1 heterocycles. The first-order valence-corrected chi connectivity index (χ1v) is 3.84. The molecule has 0 unspecified atom stereocenters. The Hall–Kier alpha value is -0.760. The third-order valence-corrected chi connectivity index (χ3v) is 1.90. The van der Waals surface area contributed by atoms with Gasteiger partial charge in [-0.3, -0.25) is 0 Å². The van der Waals surface area contributed by atoms with E-state index in [1.165, 1.54) is 5.56 Å². The van der Waals surface area contributed by atoms with Crippen molar-refractivity contribution < 1.29 is 4.42 Å². The Labute approximate surface area is 67.6 Å². The number of nitrogens with one attached hydrogen (secondary N) is 1. The van der Waals surface area contributed by atoms with Gasteiger partial charge >= 0.3 is 0 Å². The van der Waals surface area contributed by atoms with Crippen LogP contribution in [0.15, 0.2) is 23.0 Å². The average molecular weight is 153 g/mol. The topological polar surface area (TPSA) is 25.2 Å². The van der Waals surface area contributed by atoms with Gasteiger partial charge in [0.15, 0.2) is 0 Å². The van der Waals surface area contributed by atoms with Crippen LogP contribution in [0.1, 0.15) is 19.4 Å². The second-order valence-corrected chi connectivity index (χ2v) is 3.44. The van der Waals surface area contributed by atoms with Crippen molar-refractivity contribution in [1.82, 2.24) is 5.32 Å². The highest BCUT2D eigenvalue weighted by atomic mass is 16.3. The van der Waals surface area contributed by atoms with Crippen molar-refractivity contribution in [3.63, 3.8) is 0 Å². The van der Waals surface area contributed by atoms with Gasteiger partial charge in [0, 0.05) is 5.54 Å². The molecular formula is C9H15NO. The Bertz CT molecular complexity index is 201. The van der Waals surface area contributed by atoms with Gasteiger partial charge in [-0.2, -0.15) is 0 Å². The summed E-state index contributed by atoms with van der Waals surface area (Å²) in [6.45, 7) is 4.33. The molecule has 1 aromatic heterocycles. The molecule has 1 N–H and O–H groups in total. The summed E-state index contributed by atoms with van der Waals surface area (Å²) in [4.78, 5) is 0. The molecule has 0 fully saturated rings. The van der Waals surface area contributed by atoms with Gasteiger partial charge in [-0.25, -0.2) is 0 Å². The van der Waals surface area contributed by atoms with Crippen LogP contribution in [0.4, 0.5) is 0 Å². The van der Waals surface area contributed by atoms with Crippen LogP contribution >= 0.6 is 0 Å². The van der Waals surface area contributed by atoms with Crippen LogP contribution in [0.2, 0.25) is 0 Å². The highest BCUT2D eigenvalue weighted by Crippen LogP contribution is 2.11. The molecule has 0 aromatic carbocycles. The van der Waals surface area contributed by atoms with Crippen molar-refractivity contribution >= 4 is 0 Å². The first kappa shape index (κ1) is 8.34. The summed E-state index contributed by atoms with van der Waals surface area (Å²) in [5.74, 6) is 0. The van der Waals surface area contributed by atoms with Gasteiger partial charge in [0.05, 0.1) is 12.5 Å². The number of hydrogen-bond donors (Lipinski definition) is 1. The van der Waals surface area contributed by atoms with Crippen molar-refractivity contribution in [1.29, 1.82) is 0 Å². The lowest BCUT2D eigenvalue weighted by Gasteiger charge is -2.22. The van der Waals surface area contributed by atoms with Crippen LogP contribution in [0.25, 0.3) is 0 Å². The maximum atomic E-state index is 4.98. The summed E-state index contributed by atoms with van der Waals surface area (Å²) in [6, 6.07) is 2.00. The molecule has 1 aromatic rings. The molecule has 2 nitrogen and oxygen atoms in total. The largest absolute Gasteiger partial charge is 0.472 e. The van der Waals surface area contributed by atoms with E-state index in [-0.39, 0.29) is 5.54 Å². The van der Waals surface area contributed by atoms with Gasteiger partial charge < -0.3 is 9.73 Å². The maximum absolute atomic E-state index is 4.98. The minimum Gasteiger partial charge on any atom is -0.472 e. The molecule has 0 aliphatic heterocycles. The molecule has 2 heteroatoms. The van der Waals surface area contributed by atoms with Crippen LogP contribution in [0.3, 0.4) is 0 Å². The molecule has 11 heavy (non-hydrogen) atoms. The van der Waals surface area contributed by atoms with Gasteiger partial charge in [0.25, 0.3) is 0 Å². The van der Waals surface area contributed by atoms with Gasteiger partial charge in [-0.1, -0.05) is 0 Å². The summed E-state index contributed by atoms with van der Waals surface area (Å²) in [6.07, 6.45) is 4.50. The molecule has 0 aliphatic carbocycles. The fourth-order valence-electron chi connectivity index (χ4n) is 0.992. The van der Waals surface area contributed by atoms with Gasteiger partial charge in [-0.05, 0) is 38.9 Å². The van der Waals surface area contributed by atoms with Crippen molar-refractivity contribution in [3.8, 4) is 0 Å². The zero-order valence-electron chi connectivity index (χ0n) is 7.35. The van der Waals surface area contributed by atoms with Crippen LogP contribution in [0, 0.1) is 0 Å². The molecular weight excluding hydrogens is 138 g/mol. The molecule has 0 bridgehead atoms. The number of furan rings is 1. The van der Waals surface area contributed by atoms with Crippen LogP contribution in [-0.4, -0.2) is 12.6 Å². The fourth-order valence-corrected chi connectivity index (χ4v) is 0.992. The molecule has 1 rings (SSSR count). The Morgan fingerprint density at radius 3 is 2.73 bits per heavy atom. The highest BCUT2D eigenvalue weighted by Gasteiger charge is 2.15. The van der Waals surface area contributed by atoms with Gasteiger partial charge in [0.1, 0.15) is 0 Å². The zero-order valence-corrected chi connectivity index (χ0v) is 7.35. The van der Waals surface area contributed by atoms with Crippen molar-refractivity contribution in [2.24, 2.45) is 0 Å². The SMILES string of the molecule is CNC(C)(C)Cc1ccoc1. The smallest absolute Gasteiger partial charge is 0.0935 e. The lowest BCUT2D eigenvalue weighted by Crippen LogP contribution is -2.38. The lowest BCUT2D eigenvalue weighted by molar-refractivity contribution is 0.419. The van der Waals surface area contributed by atoms with Crippen molar-refractivity contribution in [3.05, 3.63) is 24.2 Å². The Morgan fingerprint density at radius 1 is 1.55 bits per heavy atom. The summed E-state index contributed by atoms with van der Waals surface area (Å²) in [5, 5.41) is 3.24. The molecule has 0 atom stereocenters. The van der Waals surface area contributed by atoms with Crippen LogP contribution in [-0.2, 0) is 6.42 Å². The molecule has 62 valence electrons. The first-order chi connectivity index (χ1) is 5.14. The van der Waals surface area contributed by atoms with Crippen molar-refractivity contribution in [2.45, 2.75) is 25.8 Å². The number of likely N-dealkylation sites (N-methyl/N-ethyl adjacent to an activating group) is 1. The van der Waals surface area contributed by atoms with E-state index in [0.717, 1.165) is 6.42 Å². The van der Waals surface area contributed by atoms with Crippen molar-refractivity contribution in [2.75, 3.05) is 7.05 Å². The van der Waals surface area contributed by atoms with Gasteiger partial charge in [-0.15, -0.1) is 0 Å². The molecule has 0 saturated carbocycles. The average Bonchev–Trinajstić information content (AvgIpc) is 2.39. The Kier molecular flexibility index (Phi) is 2.35. The minimum atomic E-state index is 0.157. The van der Waals surface area contributed by atoms with Crippen LogP contribution in [0.5, 0.6) is 0 Å². The van der Waals surface area contributed by atoms with E-state index in [1.54, 1.807) is 12.5 Å². The molecule has 0 spiro atoms. The predicted octanol–water partition coefficient (Wildman–Crippen LogP) is 1.82. The van der Waals surface area contributed by atoms with Gasteiger partial charge in [0.2, 0.25) is 0 Å². The normalized spacial score (nSPS) is 11.9. The number of rotatable bonds is 3. The highest BCUT2D eigenvalue weighted by molar-refractivity contribution is 5.09. The molecule has 0 saturated heterocycles. The summed E-state index contributed by atoms with van der Waals surface area (Å²) in [7, 11) is 1.97. The second kappa shape index (κ2) is 3.09. The third-order valence-electron chi connectivity index (χ3n) is 1.90. The Morgan fingerprint density at radius 2 is 2.27 bits per heavy atom. The quantitative estimate of drug-likeness (QED) is 0.716. The standard InChI is InChI=1S/C9H15NO/c1-9(2,10-3)6-8-4-5-11-7-8/h4-5,7,10H,6H2,1-3H3. The first-order valence-electron chi connectivity index (χ1n) is 3.84. The summed E-state index contributed by atoms with van der Waals surface area (Å²) >= 11 is 0. The van der Waals surface area contributed by atoms with E-state index in [1.807, 2.05) is 13.1 Å². The predicted molar refractivity (Wildman–Crippen MR) is 45.6 cm³/mol. The second-order valence-electron chi connectivity index (χ2n) is 3.44. The fraction of sp³-hybridized carbons (Fsp3) is 0.556.